The summed E-state index contributed by atoms with van der Waals surface area (Å²) in [7, 11) is 0. The normalized spacial score (nSPS) is 17.4. The zero-order valence-electron chi connectivity index (χ0n) is 16.4. The van der Waals surface area contributed by atoms with E-state index in [4.69, 9.17) is 9.57 Å². The quantitative estimate of drug-likeness (QED) is 0.638. The van der Waals surface area contributed by atoms with Gasteiger partial charge in [-0.25, -0.2) is 9.59 Å². The number of carbonyl (C=O) groups is 2. The van der Waals surface area contributed by atoms with Crippen LogP contribution in [0.1, 0.15) is 29.0 Å². The Morgan fingerprint density at radius 2 is 1.50 bits per heavy atom. The monoisotopic (exact) mass is 399 g/mol. The Morgan fingerprint density at radius 3 is 2.17 bits per heavy atom. The predicted octanol–water partition coefficient (Wildman–Crippen LogP) is 4.71. The molecule has 0 saturated carbocycles. The first-order chi connectivity index (χ1) is 14.7. The number of hydrogen-bond acceptors (Lipinski definition) is 4. The van der Waals surface area contributed by atoms with Crippen molar-refractivity contribution in [3.63, 3.8) is 0 Å². The van der Waals surface area contributed by atoms with Crippen LogP contribution >= 0.6 is 0 Å². The maximum atomic E-state index is 12.8. The number of rotatable bonds is 4. The summed E-state index contributed by atoms with van der Waals surface area (Å²) >= 11 is 0. The smallest absolute Gasteiger partial charge is 0.443 e. The number of nitrogens with zero attached hydrogens (tertiary/aromatic N) is 1. The second-order valence-electron chi connectivity index (χ2n) is 7.64. The van der Waals surface area contributed by atoms with Crippen molar-refractivity contribution in [2.45, 2.75) is 24.8 Å². The molecule has 1 amide bonds. The van der Waals surface area contributed by atoms with Crippen LogP contribution < -0.4 is 0 Å². The van der Waals surface area contributed by atoms with Crippen LogP contribution in [0.4, 0.5) is 4.79 Å². The predicted molar refractivity (Wildman–Crippen MR) is 112 cm³/mol. The number of carbonyl (C=O) groups excluding carboxylic acids is 2. The Balaban J connectivity index is 1.31. The van der Waals surface area contributed by atoms with Gasteiger partial charge in [-0.05, 0) is 34.2 Å². The fraction of sp³-hybridized carbons (Fsp3) is 0.200. The van der Waals surface area contributed by atoms with E-state index >= 15 is 0 Å². The number of ether oxygens (including phenoxy) is 1. The third-order valence-corrected chi connectivity index (χ3v) is 5.76. The molecule has 5 rings (SSSR count). The fourth-order valence-electron chi connectivity index (χ4n) is 4.38. The summed E-state index contributed by atoms with van der Waals surface area (Å²) in [5.41, 5.74) is 5.67. The lowest BCUT2D eigenvalue weighted by Gasteiger charge is -2.22. The van der Waals surface area contributed by atoms with Crippen molar-refractivity contribution in [1.82, 2.24) is 5.06 Å². The molecule has 5 nitrogen and oxygen atoms in total. The van der Waals surface area contributed by atoms with E-state index in [0.29, 0.717) is 6.42 Å². The molecule has 0 bridgehead atoms. The van der Waals surface area contributed by atoms with Crippen LogP contribution in [-0.2, 0) is 20.8 Å². The molecule has 1 aliphatic heterocycles. The van der Waals surface area contributed by atoms with Gasteiger partial charge in [-0.2, -0.15) is 0 Å². The molecule has 0 N–H and O–H groups in total. The summed E-state index contributed by atoms with van der Waals surface area (Å²) < 4.78 is 5.65. The van der Waals surface area contributed by atoms with Gasteiger partial charge in [-0.1, -0.05) is 78.9 Å². The number of hydrogen-bond donors (Lipinski definition) is 0. The van der Waals surface area contributed by atoms with Gasteiger partial charge in [0.2, 0.25) is 0 Å². The van der Waals surface area contributed by atoms with Crippen LogP contribution in [-0.4, -0.2) is 29.8 Å². The molecule has 0 unspecified atom stereocenters. The summed E-state index contributed by atoms with van der Waals surface area (Å²) in [5.74, 6) is -0.448. The molecular formula is C25H21NO4. The van der Waals surface area contributed by atoms with Crippen LogP contribution in [0, 0.1) is 0 Å². The van der Waals surface area contributed by atoms with E-state index < -0.39 is 12.1 Å². The van der Waals surface area contributed by atoms with E-state index in [1.807, 2.05) is 54.6 Å². The lowest BCUT2D eigenvalue weighted by molar-refractivity contribution is -0.167. The molecule has 3 aromatic rings. The van der Waals surface area contributed by atoms with Gasteiger partial charge in [0, 0.05) is 5.92 Å². The molecule has 0 radical (unpaired) electrons. The minimum atomic E-state index is -0.622. The van der Waals surface area contributed by atoms with E-state index in [9.17, 15) is 9.59 Å². The van der Waals surface area contributed by atoms with Crippen molar-refractivity contribution < 1.29 is 19.2 Å². The zero-order valence-corrected chi connectivity index (χ0v) is 16.4. The van der Waals surface area contributed by atoms with Gasteiger partial charge in [0.1, 0.15) is 6.61 Å². The summed E-state index contributed by atoms with van der Waals surface area (Å²) in [5, 5.41) is 1.10. The van der Waals surface area contributed by atoms with Crippen molar-refractivity contribution in [2.75, 3.05) is 6.61 Å². The molecule has 0 aromatic heterocycles. The first kappa shape index (κ1) is 18.4. The maximum Gasteiger partial charge on any atom is 0.443 e. The molecule has 0 spiro atoms. The average molecular weight is 399 g/mol. The van der Waals surface area contributed by atoms with E-state index in [1.54, 1.807) is 0 Å². The SMILES string of the molecule is O=C1C[C@@H](Cc2ccccc2)N(C(=O)OCC2c3ccccc3-c3ccccc32)O1. The van der Waals surface area contributed by atoms with Crippen LogP contribution in [0.25, 0.3) is 11.1 Å². The van der Waals surface area contributed by atoms with Gasteiger partial charge >= 0.3 is 12.1 Å². The second kappa shape index (κ2) is 7.67. The number of fused-ring (bicyclic) bond motifs is 3. The molecule has 5 heteroatoms. The van der Waals surface area contributed by atoms with Crippen molar-refractivity contribution in [3.05, 3.63) is 95.6 Å². The van der Waals surface area contributed by atoms with Gasteiger partial charge in [0.05, 0.1) is 12.5 Å². The molecule has 30 heavy (non-hydrogen) atoms. The lowest BCUT2D eigenvalue weighted by atomic mass is 9.98. The van der Waals surface area contributed by atoms with Gasteiger partial charge in [0.25, 0.3) is 0 Å². The minimum absolute atomic E-state index is 0.0350. The summed E-state index contributed by atoms with van der Waals surface area (Å²) in [6, 6.07) is 25.7. The van der Waals surface area contributed by atoms with Crippen LogP contribution in [0.3, 0.4) is 0 Å². The number of amides is 1. The van der Waals surface area contributed by atoms with Crippen LogP contribution in [0.5, 0.6) is 0 Å². The third kappa shape index (κ3) is 3.32. The Hall–Kier alpha value is -3.60. The van der Waals surface area contributed by atoms with Crippen LogP contribution in [0.2, 0.25) is 0 Å². The Labute approximate surface area is 174 Å². The molecule has 1 aliphatic carbocycles. The molecule has 1 atom stereocenters. The highest BCUT2D eigenvalue weighted by Gasteiger charge is 2.39. The molecular weight excluding hydrogens is 378 g/mol. The first-order valence-electron chi connectivity index (χ1n) is 10.1. The molecule has 1 fully saturated rings. The minimum Gasteiger partial charge on any atom is -0.446 e. The maximum absolute atomic E-state index is 12.8. The van der Waals surface area contributed by atoms with E-state index in [0.717, 1.165) is 21.8 Å². The summed E-state index contributed by atoms with van der Waals surface area (Å²) in [6.45, 7) is 0.193. The standard InChI is InChI=1S/C25H21NO4/c27-24-15-18(14-17-8-2-1-3-9-17)26(30-24)25(28)29-16-23-21-12-6-4-10-19(21)20-11-5-7-13-22(20)23/h1-13,18,23H,14-16H2/t18-/m1/s1. The van der Waals surface area contributed by atoms with Gasteiger partial charge in [0.15, 0.2) is 0 Å². The van der Waals surface area contributed by atoms with E-state index in [1.165, 1.54) is 11.1 Å². The van der Waals surface area contributed by atoms with E-state index in [2.05, 4.69) is 24.3 Å². The summed E-state index contributed by atoms with van der Waals surface area (Å²) in [4.78, 5) is 29.9. The summed E-state index contributed by atoms with van der Waals surface area (Å²) in [6.07, 6.45) is 0.0826. The number of benzene rings is 3. The molecule has 1 heterocycles. The highest BCUT2D eigenvalue weighted by Crippen LogP contribution is 2.44. The van der Waals surface area contributed by atoms with Gasteiger partial charge < -0.3 is 9.57 Å². The Morgan fingerprint density at radius 1 is 0.900 bits per heavy atom. The van der Waals surface area contributed by atoms with Gasteiger partial charge in [-0.3, -0.25) is 0 Å². The Bertz CT molecular complexity index is 1050. The van der Waals surface area contributed by atoms with Crippen molar-refractivity contribution in [1.29, 1.82) is 0 Å². The van der Waals surface area contributed by atoms with Crippen molar-refractivity contribution in [2.24, 2.45) is 0 Å². The third-order valence-electron chi connectivity index (χ3n) is 5.76. The first-order valence-corrected chi connectivity index (χ1v) is 10.1. The van der Waals surface area contributed by atoms with Crippen LogP contribution in [0.15, 0.2) is 78.9 Å². The highest BCUT2D eigenvalue weighted by atomic mass is 16.8. The lowest BCUT2D eigenvalue weighted by Crippen LogP contribution is -2.37. The largest absolute Gasteiger partial charge is 0.446 e. The second-order valence-corrected chi connectivity index (χ2v) is 7.64. The number of hydroxylamine groups is 2. The van der Waals surface area contributed by atoms with E-state index in [-0.39, 0.29) is 25.0 Å². The van der Waals surface area contributed by atoms with Crippen molar-refractivity contribution in [3.8, 4) is 11.1 Å². The molecule has 1 saturated heterocycles. The van der Waals surface area contributed by atoms with Gasteiger partial charge in [-0.15, -0.1) is 5.06 Å². The topological polar surface area (TPSA) is 55.8 Å². The molecule has 150 valence electrons. The van der Waals surface area contributed by atoms with Crippen molar-refractivity contribution >= 4 is 12.1 Å². The molecule has 2 aliphatic rings. The molecule has 3 aromatic carbocycles. The zero-order chi connectivity index (χ0) is 20.5. The highest BCUT2D eigenvalue weighted by molar-refractivity contribution is 5.80. The Kier molecular flexibility index (Phi) is 4.71. The average Bonchev–Trinajstić information content (AvgIpc) is 3.30. The fourth-order valence-corrected chi connectivity index (χ4v) is 4.38.